The van der Waals surface area contributed by atoms with Gasteiger partial charge in [0.2, 0.25) is 0 Å². The molecule has 0 saturated carbocycles. The van der Waals surface area contributed by atoms with Gasteiger partial charge in [0.15, 0.2) is 0 Å². The molecule has 16 heavy (non-hydrogen) atoms. The Morgan fingerprint density at radius 2 is 1.94 bits per heavy atom. The first-order valence-electron chi connectivity index (χ1n) is 6.48. The fourth-order valence-electron chi connectivity index (χ4n) is 3.20. The number of morpholine rings is 1. The number of likely N-dealkylation sites (tertiary alicyclic amines) is 1. The van der Waals surface area contributed by atoms with Gasteiger partial charge in [0.25, 0.3) is 0 Å². The van der Waals surface area contributed by atoms with Crippen molar-refractivity contribution >= 4 is 0 Å². The van der Waals surface area contributed by atoms with Crippen LogP contribution in [0, 0.1) is 5.41 Å². The number of nitrogens with one attached hydrogen (secondary N) is 1. The van der Waals surface area contributed by atoms with Crippen LogP contribution in [0.4, 0.5) is 0 Å². The number of ether oxygens (including phenoxy) is 2. The Labute approximate surface area is 97.3 Å². The molecule has 92 valence electrons. The molecule has 0 radical (unpaired) electrons. The molecule has 3 aliphatic heterocycles. The molecule has 3 fully saturated rings. The highest BCUT2D eigenvalue weighted by atomic mass is 16.5. The summed E-state index contributed by atoms with van der Waals surface area (Å²) in [7, 11) is 0. The minimum Gasteiger partial charge on any atom is -0.381 e. The van der Waals surface area contributed by atoms with Crippen molar-refractivity contribution in [3.05, 3.63) is 0 Å². The summed E-state index contributed by atoms with van der Waals surface area (Å²) < 4.78 is 10.9. The molecule has 0 aromatic carbocycles. The van der Waals surface area contributed by atoms with Gasteiger partial charge in [-0.3, -0.25) is 0 Å². The normalized spacial score (nSPS) is 34.9. The van der Waals surface area contributed by atoms with E-state index in [-0.39, 0.29) is 0 Å². The molecular weight excluding hydrogens is 204 g/mol. The zero-order valence-electron chi connectivity index (χ0n) is 9.91. The lowest BCUT2D eigenvalue weighted by atomic mass is 9.73. The van der Waals surface area contributed by atoms with Crippen LogP contribution in [0.25, 0.3) is 0 Å². The van der Waals surface area contributed by atoms with Crippen molar-refractivity contribution < 1.29 is 9.47 Å². The van der Waals surface area contributed by atoms with E-state index in [0.29, 0.717) is 11.5 Å². The van der Waals surface area contributed by atoms with Gasteiger partial charge in [-0.15, -0.1) is 0 Å². The van der Waals surface area contributed by atoms with Gasteiger partial charge in [-0.2, -0.15) is 0 Å². The second-order valence-corrected chi connectivity index (χ2v) is 5.51. The van der Waals surface area contributed by atoms with Crippen LogP contribution in [-0.2, 0) is 9.47 Å². The largest absolute Gasteiger partial charge is 0.381 e. The highest BCUT2D eigenvalue weighted by molar-refractivity contribution is 4.97. The first-order chi connectivity index (χ1) is 7.86. The highest BCUT2D eigenvalue weighted by Crippen LogP contribution is 2.39. The van der Waals surface area contributed by atoms with E-state index in [4.69, 9.17) is 9.47 Å². The van der Waals surface area contributed by atoms with Crippen LogP contribution in [0.3, 0.4) is 0 Å². The molecule has 4 nitrogen and oxygen atoms in total. The summed E-state index contributed by atoms with van der Waals surface area (Å²) in [5.41, 5.74) is 0.605. The van der Waals surface area contributed by atoms with E-state index < -0.39 is 0 Å². The molecule has 1 atom stereocenters. The lowest BCUT2D eigenvalue weighted by Crippen LogP contribution is -2.62. The summed E-state index contributed by atoms with van der Waals surface area (Å²) in [6, 6.07) is 0.547. The minimum absolute atomic E-state index is 0.547. The third-order valence-electron chi connectivity index (χ3n) is 4.15. The SMILES string of the molecule is C1COCC(CN2CC3(CCOCC3)C2)N1. The molecule has 0 aromatic rings. The van der Waals surface area contributed by atoms with E-state index in [2.05, 4.69) is 10.2 Å². The highest BCUT2D eigenvalue weighted by Gasteiger charge is 2.44. The third-order valence-corrected chi connectivity index (χ3v) is 4.15. The van der Waals surface area contributed by atoms with Crippen molar-refractivity contribution in [3.8, 4) is 0 Å². The van der Waals surface area contributed by atoms with Crippen molar-refractivity contribution in [2.75, 3.05) is 52.6 Å². The Balaban J connectivity index is 1.42. The Bertz CT molecular complexity index is 224. The second kappa shape index (κ2) is 4.61. The number of nitrogens with zero attached hydrogens (tertiary/aromatic N) is 1. The minimum atomic E-state index is 0.547. The van der Waals surface area contributed by atoms with Crippen LogP contribution in [0.15, 0.2) is 0 Å². The summed E-state index contributed by atoms with van der Waals surface area (Å²) >= 11 is 0. The summed E-state index contributed by atoms with van der Waals surface area (Å²) in [4.78, 5) is 2.57. The molecule has 1 N–H and O–H groups in total. The summed E-state index contributed by atoms with van der Waals surface area (Å²) in [6.07, 6.45) is 2.52. The van der Waals surface area contributed by atoms with Gasteiger partial charge in [-0.1, -0.05) is 0 Å². The van der Waals surface area contributed by atoms with Crippen LogP contribution >= 0.6 is 0 Å². The summed E-state index contributed by atoms with van der Waals surface area (Å²) in [6.45, 7) is 8.41. The molecule has 3 saturated heterocycles. The lowest BCUT2D eigenvalue weighted by molar-refractivity contribution is -0.0872. The average molecular weight is 226 g/mol. The molecule has 0 amide bonds. The Kier molecular flexibility index (Phi) is 3.16. The van der Waals surface area contributed by atoms with E-state index in [0.717, 1.165) is 39.5 Å². The van der Waals surface area contributed by atoms with E-state index in [1.165, 1.54) is 25.9 Å². The summed E-state index contributed by atoms with van der Waals surface area (Å²) in [5.74, 6) is 0. The fraction of sp³-hybridized carbons (Fsp3) is 1.00. The van der Waals surface area contributed by atoms with Crippen molar-refractivity contribution in [2.45, 2.75) is 18.9 Å². The van der Waals surface area contributed by atoms with Crippen LogP contribution in [0.5, 0.6) is 0 Å². The standard InChI is InChI=1S/C12H22N2O2/c1-4-15-5-2-12(1)9-14(10-12)7-11-8-16-6-3-13-11/h11,13H,1-10H2. The fourth-order valence-corrected chi connectivity index (χ4v) is 3.20. The molecule has 3 heterocycles. The molecule has 4 heteroatoms. The van der Waals surface area contributed by atoms with Gasteiger partial charge < -0.3 is 19.7 Å². The zero-order chi connectivity index (χ0) is 10.8. The first kappa shape index (κ1) is 11.0. The molecule has 1 unspecified atom stereocenters. The van der Waals surface area contributed by atoms with E-state index in [9.17, 15) is 0 Å². The Morgan fingerprint density at radius 3 is 2.62 bits per heavy atom. The van der Waals surface area contributed by atoms with Crippen LogP contribution < -0.4 is 5.32 Å². The van der Waals surface area contributed by atoms with Crippen molar-refractivity contribution in [3.63, 3.8) is 0 Å². The van der Waals surface area contributed by atoms with Gasteiger partial charge in [0.1, 0.15) is 0 Å². The van der Waals surface area contributed by atoms with Crippen molar-refractivity contribution in [2.24, 2.45) is 5.41 Å². The van der Waals surface area contributed by atoms with E-state index in [1.807, 2.05) is 0 Å². The first-order valence-corrected chi connectivity index (χ1v) is 6.48. The zero-order valence-corrected chi connectivity index (χ0v) is 9.91. The third kappa shape index (κ3) is 2.25. The molecule has 0 bridgehead atoms. The number of hydrogen-bond donors (Lipinski definition) is 1. The molecule has 1 spiro atoms. The maximum atomic E-state index is 5.48. The monoisotopic (exact) mass is 226 g/mol. The lowest BCUT2D eigenvalue weighted by Gasteiger charge is -2.53. The van der Waals surface area contributed by atoms with Crippen LogP contribution in [-0.4, -0.2) is 63.5 Å². The van der Waals surface area contributed by atoms with Crippen LogP contribution in [0.2, 0.25) is 0 Å². The molecule has 3 rings (SSSR count). The average Bonchev–Trinajstić information content (AvgIpc) is 2.30. The summed E-state index contributed by atoms with van der Waals surface area (Å²) in [5, 5.41) is 3.52. The maximum Gasteiger partial charge on any atom is 0.0632 e. The molecule has 0 aromatic heterocycles. The molecular formula is C12H22N2O2. The predicted octanol–water partition coefficient (Wildman–Crippen LogP) is 0.0872. The number of hydrogen-bond acceptors (Lipinski definition) is 4. The van der Waals surface area contributed by atoms with E-state index >= 15 is 0 Å². The van der Waals surface area contributed by atoms with Gasteiger partial charge >= 0.3 is 0 Å². The maximum absolute atomic E-state index is 5.48. The van der Waals surface area contributed by atoms with Gasteiger partial charge in [-0.25, -0.2) is 0 Å². The topological polar surface area (TPSA) is 33.7 Å². The van der Waals surface area contributed by atoms with Gasteiger partial charge in [0, 0.05) is 50.8 Å². The Hall–Kier alpha value is -0.160. The van der Waals surface area contributed by atoms with Crippen molar-refractivity contribution in [1.29, 1.82) is 0 Å². The van der Waals surface area contributed by atoms with Gasteiger partial charge in [-0.05, 0) is 12.8 Å². The van der Waals surface area contributed by atoms with E-state index in [1.54, 1.807) is 0 Å². The molecule has 3 aliphatic rings. The molecule has 0 aliphatic carbocycles. The quantitative estimate of drug-likeness (QED) is 0.723. The van der Waals surface area contributed by atoms with Gasteiger partial charge in [0.05, 0.1) is 13.2 Å². The predicted molar refractivity (Wildman–Crippen MR) is 61.5 cm³/mol. The Morgan fingerprint density at radius 1 is 1.12 bits per heavy atom. The smallest absolute Gasteiger partial charge is 0.0632 e. The number of rotatable bonds is 2. The second-order valence-electron chi connectivity index (χ2n) is 5.51. The van der Waals surface area contributed by atoms with Crippen molar-refractivity contribution in [1.82, 2.24) is 10.2 Å². The van der Waals surface area contributed by atoms with Crippen LogP contribution in [0.1, 0.15) is 12.8 Å².